The first-order chi connectivity index (χ1) is 11.5. The third-order valence-electron chi connectivity index (χ3n) is 4.02. The molecule has 0 spiro atoms. The Morgan fingerprint density at radius 1 is 1.12 bits per heavy atom. The maximum Gasteiger partial charge on any atom is 0.293 e. The Bertz CT molecular complexity index is 837. The molecule has 5 heteroatoms. The molecule has 0 radical (unpaired) electrons. The third-order valence-corrected chi connectivity index (χ3v) is 4.02. The van der Waals surface area contributed by atoms with E-state index < -0.39 is 17.7 Å². The van der Waals surface area contributed by atoms with Crippen LogP contribution in [0.4, 0.5) is 0 Å². The van der Waals surface area contributed by atoms with Crippen molar-refractivity contribution in [2.75, 3.05) is 7.11 Å². The van der Waals surface area contributed by atoms with Gasteiger partial charge in [0, 0.05) is 5.56 Å². The van der Waals surface area contributed by atoms with Crippen LogP contribution in [0.25, 0.3) is 5.76 Å². The highest BCUT2D eigenvalue weighted by molar-refractivity contribution is 6.46. The van der Waals surface area contributed by atoms with Crippen molar-refractivity contribution in [1.82, 2.24) is 5.32 Å². The van der Waals surface area contributed by atoms with Gasteiger partial charge in [-0.05, 0) is 24.6 Å². The van der Waals surface area contributed by atoms with Crippen LogP contribution in [0.3, 0.4) is 0 Å². The number of amides is 1. The summed E-state index contributed by atoms with van der Waals surface area (Å²) in [6.45, 7) is 1.93. The van der Waals surface area contributed by atoms with Gasteiger partial charge in [-0.15, -0.1) is 0 Å². The number of aryl methyl sites for hydroxylation is 1. The van der Waals surface area contributed by atoms with Gasteiger partial charge in [0.05, 0.1) is 18.7 Å². The van der Waals surface area contributed by atoms with Crippen LogP contribution in [0.1, 0.15) is 22.7 Å². The molecule has 24 heavy (non-hydrogen) atoms. The lowest BCUT2D eigenvalue weighted by Gasteiger charge is -2.14. The molecule has 1 aliphatic rings. The van der Waals surface area contributed by atoms with Crippen molar-refractivity contribution in [2.24, 2.45) is 0 Å². The summed E-state index contributed by atoms with van der Waals surface area (Å²) in [6, 6.07) is 13.4. The van der Waals surface area contributed by atoms with Crippen molar-refractivity contribution in [3.8, 4) is 5.75 Å². The highest BCUT2D eigenvalue weighted by Gasteiger charge is 2.39. The van der Waals surface area contributed by atoms with E-state index in [1.807, 2.05) is 19.1 Å². The third kappa shape index (κ3) is 2.76. The van der Waals surface area contributed by atoms with Crippen LogP contribution in [0, 0.1) is 6.92 Å². The van der Waals surface area contributed by atoms with Gasteiger partial charge >= 0.3 is 0 Å². The molecule has 2 aromatic carbocycles. The van der Waals surface area contributed by atoms with Gasteiger partial charge < -0.3 is 15.2 Å². The lowest BCUT2D eigenvalue weighted by molar-refractivity contribution is -0.133. The number of hydrogen-bond acceptors (Lipinski definition) is 4. The molecule has 0 saturated carbocycles. The molecule has 0 unspecified atom stereocenters. The van der Waals surface area contributed by atoms with E-state index >= 15 is 0 Å². The molecule has 122 valence electrons. The molecule has 1 heterocycles. The van der Waals surface area contributed by atoms with E-state index in [1.54, 1.807) is 36.4 Å². The number of rotatable bonds is 3. The molecule has 1 fully saturated rings. The number of aliphatic hydroxyl groups is 1. The van der Waals surface area contributed by atoms with Crippen molar-refractivity contribution in [3.05, 3.63) is 70.8 Å². The summed E-state index contributed by atoms with van der Waals surface area (Å²) >= 11 is 0. The van der Waals surface area contributed by atoms with E-state index in [-0.39, 0.29) is 11.3 Å². The Morgan fingerprint density at radius 2 is 1.83 bits per heavy atom. The van der Waals surface area contributed by atoms with Gasteiger partial charge in [0.1, 0.15) is 11.5 Å². The zero-order valence-corrected chi connectivity index (χ0v) is 13.4. The SMILES string of the molecule is COc1cccc([C@@H]2NC(=O)C(=O)C2=C(O)c2ccc(C)cc2)c1. The summed E-state index contributed by atoms with van der Waals surface area (Å²) in [4.78, 5) is 24.1. The molecule has 1 aliphatic heterocycles. The smallest absolute Gasteiger partial charge is 0.293 e. The maximum atomic E-state index is 12.3. The van der Waals surface area contributed by atoms with Crippen molar-refractivity contribution >= 4 is 17.4 Å². The predicted octanol–water partition coefficient (Wildman–Crippen LogP) is 2.71. The van der Waals surface area contributed by atoms with Gasteiger partial charge in [0.15, 0.2) is 0 Å². The number of benzene rings is 2. The molecule has 5 nitrogen and oxygen atoms in total. The molecule has 2 aromatic rings. The number of aliphatic hydroxyl groups excluding tert-OH is 1. The van der Waals surface area contributed by atoms with E-state index in [0.717, 1.165) is 5.56 Å². The summed E-state index contributed by atoms with van der Waals surface area (Å²) in [7, 11) is 1.54. The van der Waals surface area contributed by atoms with E-state index in [4.69, 9.17) is 4.74 Å². The Labute approximate surface area is 139 Å². The first kappa shape index (κ1) is 15.8. The quantitative estimate of drug-likeness (QED) is 0.517. The van der Waals surface area contributed by atoms with Crippen LogP contribution in [-0.2, 0) is 9.59 Å². The van der Waals surface area contributed by atoms with Crippen molar-refractivity contribution in [2.45, 2.75) is 13.0 Å². The Kier molecular flexibility index (Phi) is 4.08. The standard InChI is InChI=1S/C19H17NO4/c1-11-6-8-12(9-7-11)17(21)15-16(20-19(23)18(15)22)13-4-3-5-14(10-13)24-2/h3-10,16,21H,1-2H3,(H,20,23)/t16-/m0/s1. The fourth-order valence-electron chi connectivity index (χ4n) is 2.70. The number of ether oxygens (including phenoxy) is 1. The van der Waals surface area contributed by atoms with Gasteiger partial charge in [-0.3, -0.25) is 9.59 Å². The highest BCUT2D eigenvalue weighted by atomic mass is 16.5. The van der Waals surface area contributed by atoms with Crippen LogP contribution in [0.15, 0.2) is 54.1 Å². The average Bonchev–Trinajstić information content (AvgIpc) is 2.90. The lowest BCUT2D eigenvalue weighted by atomic mass is 9.95. The second kappa shape index (κ2) is 6.20. The summed E-state index contributed by atoms with van der Waals surface area (Å²) < 4.78 is 5.19. The molecule has 0 aliphatic carbocycles. The van der Waals surface area contributed by atoms with Crippen LogP contribution in [0.2, 0.25) is 0 Å². The number of Topliss-reactive ketones (excluding diaryl/α,β-unsaturated/α-hetero) is 1. The van der Waals surface area contributed by atoms with Gasteiger partial charge in [-0.1, -0.05) is 42.0 Å². The fraction of sp³-hybridized carbons (Fsp3) is 0.158. The summed E-state index contributed by atoms with van der Waals surface area (Å²) in [6.07, 6.45) is 0. The predicted molar refractivity (Wildman–Crippen MR) is 89.6 cm³/mol. The first-order valence-electron chi connectivity index (χ1n) is 7.50. The fourth-order valence-corrected chi connectivity index (χ4v) is 2.70. The van der Waals surface area contributed by atoms with Crippen LogP contribution < -0.4 is 10.1 Å². The number of hydrogen-bond donors (Lipinski definition) is 2. The Balaban J connectivity index is 2.11. The number of nitrogens with one attached hydrogen (secondary N) is 1. The largest absolute Gasteiger partial charge is 0.507 e. The summed E-state index contributed by atoms with van der Waals surface area (Å²) in [5, 5.41) is 13.2. The number of ketones is 1. The molecule has 2 N–H and O–H groups in total. The summed E-state index contributed by atoms with van der Waals surface area (Å²) in [5.41, 5.74) is 2.25. The Hall–Kier alpha value is -3.08. The maximum absolute atomic E-state index is 12.3. The van der Waals surface area contributed by atoms with Crippen molar-refractivity contribution in [3.63, 3.8) is 0 Å². The topological polar surface area (TPSA) is 75.6 Å². The molecular formula is C19H17NO4. The number of carbonyl (C=O) groups is 2. The second-order valence-corrected chi connectivity index (χ2v) is 5.64. The second-order valence-electron chi connectivity index (χ2n) is 5.64. The van der Waals surface area contributed by atoms with Gasteiger partial charge in [0.2, 0.25) is 0 Å². The zero-order chi connectivity index (χ0) is 17.3. The molecular weight excluding hydrogens is 306 g/mol. The molecule has 0 aromatic heterocycles. The van der Waals surface area contributed by atoms with Crippen molar-refractivity contribution < 1.29 is 19.4 Å². The minimum Gasteiger partial charge on any atom is -0.507 e. The molecule has 1 amide bonds. The number of methoxy groups -OCH3 is 1. The minimum atomic E-state index is -0.725. The van der Waals surface area contributed by atoms with Gasteiger partial charge in [0.25, 0.3) is 11.7 Å². The molecule has 1 atom stereocenters. The van der Waals surface area contributed by atoms with Crippen LogP contribution in [-0.4, -0.2) is 23.9 Å². The van der Waals surface area contributed by atoms with E-state index in [1.165, 1.54) is 7.11 Å². The average molecular weight is 323 g/mol. The molecule has 0 bridgehead atoms. The van der Waals surface area contributed by atoms with Crippen LogP contribution >= 0.6 is 0 Å². The lowest BCUT2D eigenvalue weighted by Crippen LogP contribution is -2.21. The highest BCUT2D eigenvalue weighted by Crippen LogP contribution is 2.34. The molecule has 3 rings (SSSR count). The van der Waals surface area contributed by atoms with E-state index in [2.05, 4.69) is 5.32 Å². The van der Waals surface area contributed by atoms with Crippen molar-refractivity contribution in [1.29, 1.82) is 0 Å². The monoisotopic (exact) mass is 323 g/mol. The first-order valence-corrected chi connectivity index (χ1v) is 7.50. The minimum absolute atomic E-state index is 0.0529. The van der Waals surface area contributed by atoms with Gasteiger partial charge in [-0.25, -0.2) is 0 Å². The Morgan fingerprint density at radius 3 is 2.50 bits per heavy atom. The van der Waals surface area contributed by atoms with E-state index in [9.17, 15) is 14.7 Å². The van der Waals surface area contributed by atoms with Crippen LogP contribution in [0.5, 0.6) is 5.75 Å². The van der Waals surface area contributed by atoms with Gasteiger partial charge in [-0.2, -0.15) is 0 Å². The normalized spacial score (nSPS) is 19.2. The molecule has 1 saturated heterocycles. The van der Waals surface area contributed by atoms with E-state index in [0.29, 0.717) is 16.9 Å². The zero-order valence-electron chi connectivity index (χ0n) is 13.4. The summed E-state index contributed by atoms with van der Waals surface area (Å²) in [5.74, 6) is -1.03. The number of carbonyl (C=O) groups excluding carboxylic acids is 2.